The number of nitrogens with zero attached hydrogens (tertiary/aromatic N) is 2. The molecule has 1 aromatic heterocycles. The van der Waals surface area contributed by atoms with Crippen molar-refractivity contribution in [3.63, 3.8) is 0 Å². The summed E-state index contributed by atoms with van der Waals surface area (Å²) >= 11 is 5.51. The number of aryl methyl sites for hydroxylation is 1. The van der Waals surface area contributed by atoms with Gasteiger partial charge in [-0.1, -0.05) is 76.3 Å². The normalized spacial score (nSPS) is 19.0. The summed E-state index contributed by atoms with van der Waals surface area (Å²) in [6.07, 6.45) is 20.9. The summed E-state index contributed by atoms with van der Waals surface area (Å²) < 4.78 is 5.57. The Balaban J connectivity index is 1.39. The van der Waals surface area contributed by atoms with Crippen LogP contribution in [-0.4, -0.2) is 16.6 Å². The van der Waals surface area contributed by atoms with E-state index in [-0.39, 0.29) is 0 Å². The van der Waals surface area contributed by atoms with Crippen molar-refractivity contribution < 1.29 is 4.74 Å². The van der Waals surface area contributed by atoms with E-state index in [1.54, 1.807) is 6.08 Å². The fraction of sp³-hybridized carbons (Fsp3) is 0.556. The van der Waals surface area contributed by atoms with Gasteiger partial charge in [0.2, 0.25) is 0 Å². The van der Waals surface area contributed by atoms with Crippen molar-refractivity contribution in [1.82, 2.24) is 9.97 Å². The Labute approximate surface area is 193 Å². The smallest absolute Gasteiger partial charge is 0.159 e. The van der Waals surface area contributed by atoms with E-state index >= 15 is 0 Å². The van der Waals surface area contributed by atoms with Crippen molar-refractivity contribution >= 4 is 11.6 Å². The Kier molecular flexibility index (Phi) is 10.4. The molecule has 3 nitrogen and oxygen atoms in total. The SMILES string of the molecule is CCCCCCC1CCC(CCc2cnc(-c3ccc(OC/C=C/Cl)cc3)nc2)CC1. The maximum Gasteiger partial charge on any atom is 0.159 e. The zero-order valence-corrected chi connectivity index (χ0v) is 19.7. The number of aromatic nitrogens is 2. The molecule has 3 rings (SSSR count). The molecule has 1 aromatic carbocycles. The summed E-state index contributed by atoms with van der Waals surface area (Å²) in [6, 6.07) is 7.87. The topological polar surface area (TPSA) is 35.0 Å². The molecule has 0 N–H and O–H groups in total. The molecular weight excluding hydrogens is 404 g/mol. The molecule has 2 aromatic rings. The maximum atomic E-state index is 5.57. The van der Waals surface area contributed by atoms with Crippen LogP contribution in [0, 0.1) is 11.8 Å². The first-order valence-corrected chi connectivity index (χ1v) is 12.5. The summed E-state index contributed by atoms with van der Waals surface area (Å²) in [6.45, 7) is 2.76. The highest BCUT2D eigenvalue weighted by molar-refractivity contribution is 6.25. The van der Waals surface area contributed by atoms with Crippen LogP contribution in [0.25, 0.3) is 11.4 Å². The quantitative estimate of drug-likeness (QED) is 0.313. The number of hydrogen-bond acceptors (Lipinski definition) is 3. The molecule has 0 amide bonds. The average Bonchev–Trinajstić information content (AvgIpc) is 2.82. The monoisotopic (exact) mass is 440 g/mol. The van der Waals surface area contributed by atoms with Crippen molar-refractivity contribution in [2.24, 2.45) is 11.8 Å². The van der Waals surface area contributed by atoms with Gasteiger partial charge in [0.15, 0.2) is 5.82 Å². The van der Waals surface area contributed by atoms with Crippen LogP contribution >= 0.6 is 11.6 Å². The lowest BCUT2D eigenvalue weighted by Gasteiger charge is -2.28. The lowest BCUT2D eigenvalue weighted by Crippen LogP contribution is -2.15. The van der Waals surface area contributed by atoms with Crippen LogP contribution < -0.4 is 4.74 Å². The van der Waals surface area contributed by atoms with Crippen LogP contribution in [0.15, 0.2) is 48.3 Å². The molecule has 0 bridgehead atoms. The van der Waals surface area contributed by atoms with E-state index in [2.05, 4.69) is 16.9 Å². The van der Waals surface area contributed by atoms with Gasteiger partial charge in [0.25, 0.3) is 0 Å². The maximum absolute atomic E-state index is 5.57. The van der Waals surface area contributed by atoms with Crippen LogP contribution in [-0.2, 0) is 6.42 Å². The average molecular weight is 441 g/mol. The van der Waals surface area contributed by atoms with Gasteiger partial charge in [-0.25, -0.2) is 9.97 Å². The van der Waals surface area contributed by atoms with Gasteiger partial charge >= 0.3 is 0 Å². The predicted molar refractivity (Wildman–Crippen MR) is 130 cm³/mol. The molecule has 31 heavy (non-hydrogen) atoms. The summed E-state index contributed by atoms with van der Waals surface area (Å²) in [5.41, 5.74) is 3.71. The number of hydrogen-bond donors (Lipinski definition) is 0. The van der Waals surface area contributed by atoms with Crippen molar-refractivity contribution in [3.05, 3.63) is 53.8 Å². The van der Waals surface area contributed by atoms with Crippen LogP contribution in [0.2, 0.25) is 0 Å². The van der Waals surface area contributed by atoms with Gasteiger partial charge in [-0.3, -0.25) is 0 Å². The van der Waals surface area contributed by atoms with E-state index in [0.717, 1.165) is 35.4 Å². The minimum Gasteiger partial charge on any atom is -0.490 e. The first-order valence-electron chi connectivity index (χ1n) is 12.1. The number of benzene rings is 1. The highest BCUT2D eigenvalue weighted by atomic mass is 35.5. The molecular formula is C27H37ClN2O. The van der Waals surface area contributed by atoms with E-state index in [9.17, 15) is 0 Å². The zero-order chi connectivity index (χ0) is 21.7. The van der Waals surface area contributed by atoms with Gasteiger partial charge < -0.3 is 4.74 Å². The minimum atomic E-state index is 0.467. The number of ether oxygens (including phenoxy) is 1. The Bertz CT molecular complexity index is 765. The van der Waals surface area contributed by atoms with Crippen molar-refractivity contribution in [2.45, 2.75) is 77.6 Å². The lowest BCUT2D eigenvalue weighted by molar-refractivity contribution is 0.249. The molecule has 4 heteroatoms. The highest BCUT2D eigenvalue weighted by Crippen LogP contribution is 2.34. The van der Waals surface area contributed by atoms with Crippen molar-refractivity contribution in [1.29, 1.82) is 0 Å². The van der Waals surface area contributed by atoms with Crippen LogP contribution in [0.1, 0.15) is 76.7 Å². The van der Waals surface area contributed by atoms with Crippen molar-refractivity contribution in [2.75, 3.05) is 6.61 Å². The minimum absolute atomic E-state index is 0.467. The van der Waals surface area contributed by atoms with E-state index in [1.165, 1.54) is 75.3 Å². The fourth-order valence-electron chi connectivity index (χ4n) is 4.55. The molecule has 1 fully saturated rings. The van der Waals surface area contributed by atoms with E-state index in [1.807, 2.05) is 36.7 Å². The molecule has 1 saturated carbocycles. The third-order valence-electron chi connectivity index (χ3n) is 6.53. The van der Waals surface area contributed by atoms with E-state index in [4.69, 9.17) is 16.3 Å². The Morgan fingerprint density at radius 2 is 1.61 bits per heavy atom. The Hall–Kier alpha value is -1.87. The zero-order valence-electron chi connectivity index (χ0n) is 18.9. The van der Waals surface area contributed by atoms with Gasteiger partial charge in [0.1, 0.15) is 12.4 Å². The van der Waals surface area contributed by atoms with Gasteiger partial charge in [-0.2, -0.15) is 0 Å². The number of halogens is 1. The molecule has 0 spiro atoms. The molecule has 1 heterocycles. The second-order valence-electron chi connectivity index (χ2n) is 8.89. The Morgan fingerprint density at radius 1 is 0.935 bits per heavy atom. The molecule has 0 aliphatic heterocycles. The number of unbranched alkanes of at least 4 members (excludes halogenated alkanes) is 3. The van der Waals surface area contributed by atoms with Crippen molar-refractivity contribution in [3.8, 4) is 17.1 Å². The second-order valence-corrected chi connectivity index (χ2v) is 9.14. The molecule has 0 saturated heterocycles. The third-order valence-corrected chi connectivity index (χ3v) is 6.70. The van der Waals surface area contributed by atoms with Gasteiger partial charge in [-0.15, -0.1) is 0 Å². The van der Waals surface area contributed by atoms with Crippen LogP contribution in [0.3, 0.4) is 0 Å². The highest BCUT2D eigenvalue weighted by Gasteiger charge is 2.20. The van der Waals surface area contributed by atoms with Crippen LogP contribution in [0.4, 0.5) is 0 Å². The standard InChI is InChI=1S/C27H37ClN2O/c1-2-3-4-5-7-22-8-10-23(11-9-22)12-13-24-20-29-27(30-21-24)25-14-16-26(17-15-25)31-19-6-18-28/h6,14-18,20-23H,2-5,7-13,19H2,1H3/b18-6+. The second kappa shape index (κ2) is 13.5. The molecule has 1 aliphatic carbocycles. The van der Waals surface area contributed by atoms with Gasteiger partial charge in [-0.05, 0) is 60.6 Å². The largest absolute Gasteiger partial charge is 0.490 e. The summed E-state index contributed by atoms with van der Waals surface area (Å²) in [5.74, 6) is 3.45. The van der Waals surface area contributed by atoms with Crippen LogP contribution in [0.5, 0.6) is 5.75 Å². The summed E-state index contributed by atoms with van der Waals surface area (Å²) in [4.78, 5) is 9.20. The summed E-state index contributed by atoms with van der Waals surface area (Å²) in [5, 5.41) is 0. The molecule has 0 atom stereocenters. The fourth-order valence-corrected chi connectivity index (χ4v) is 4.63. The predicted octanol–water partition coefficient (Wildman–Crippen LogP) is 7.98. The first-order chi connectivity index (χ1) is 15.3. The lowest BCUT2D eigenvalue weighted by atomic mass is 9.78. The molecule has 1 aliphatic rings. The molecule has 0 unspecified atom stereocenters. The van der Waals surface area contributed by atoms with E-state index in [0.29, 0.717) is 6.61 Å². The summed E-state index contributed by atoms with van der Waals surface area (Å²) in [7, 11) is 0. The number of rotatable bonds is 12. The first kappa shape index (κ1) is 23.8. The van der Waals surface area contributed by atoms with Gasteiger partial charge in [0.05, 0.1) is 0 Å². The molecule has 168 valence electrons. The third kappa shape index (κ3) is 8.29. The van der Waals surface area contributed by atoms with Gasteiger partial charge in [0, 0.05) is 23.5 Å². The van der Waals surface area contributed by atoms with E-state index < -0.39 is 0 Å². The Morgan fingerprint density at radius 3 is 2.26 bits per heavy atom. The molecule has 0 radical (unpaired) electrons.